The van der Waals surface area contributed by atoms with Gasteiger partial charge in [0.1, 0.15) is 5.82 Å². The fourth-order valence-corrected chi connectivity index (χ4v) is 1.45. The molecule has 0 aliphatic heterocycles. The van der Waals surface area contributed by atoms with Crippen LogP contribution < -0.4 is 5.73 Å². The van der Waals surface area contributed by atoms with Gasteiger partial charge in [-0.3, -0.25) is 0 Å². The van der Waals surface area contributed by atoms with Gasteiger partial charge < -0.3 is 10.8 Å². The van der Waals surface area contributed by atoms with E-state index in [0.717, 1.165) is 5.56 Å². The molecule has 0 bridgehead atoms. The molecule has 1 aromatic carbocycles. The second kappa shape index (κ2) is 4.07. The molecule has 0 fully saturated rings. The van der Waals surface area contributed by atoms with Crippen molar-refractivity contribution in [1.82, 2.24) is 0 Å². The van der Waals surface area contributed by atoms with Crippen molar-refractivity contribution in [2.24, 2.45) is 5.73 Å². The lowest BCUT2D eigenvalue weighted by Gasteiger charge is -2.24. The molecular formula is C11H16FNO. The number of benzene rings is 1. The predicted molar refractivity (Wildman–Crippen MR) is 54.4 cm³/mol. The molecular weight excluding hydrogens is 181 g/mol. The fraction of sp³-hybridized carbons (Fsp3) is 0.455. The zero-order valence-corrected chi connectivity index (χ0v) is 8.55. The van der Waals surface area contributed by atoms with E-state index >= 15 is 0 Å². The van der Waals surface area contributed by atoms with Gasteiger partial charge in [-0.1, -0.05) is 12.1 Å². The quantitative estimate of drug-likeness (QED) is 0.774. The Kier molecular flexibility index (Phi) is 3.24. The largest absolute Gasteiger partial charge is 0.396 e. The third kappa shape index (κ3) is 2.30. The Bertz CT molecular complexity index is 323. The lowest BCUT2D eigenvalue weighted by molar-refractivity contribution is 0.244. The second-order valence-electron chi connectivity index (χ2n) is 3.87. The van der Waals surface area contributed by atoms with Crippen LogP contribution in [0.4, 0.5) is 4.39 Å². The maximum atomic E-state index is 13.5. The summed E-state index contributed by atoms with van der Waals surface area (Å²) in [6.45, 7) is 3.50. The molecule has 0 aliphatic carbocycles. The number of aliphatic hydroxyl groups excluding tert-OH is 1. The molecule has 0 spiro atoms. The summed E-state index contributed by atoms with van der Waals surface area (Å²) in [7, 11) is 0. The molecule has 1 aromatic rings. The summed E-state index contributed by atoms with van der Waals surface area (Å²) in [5.74, 6) is -0.302. The molecule has 0 aliphatic rings. The number of aliphatic hydroxyl groups is 1. The van der Waals surface area contributed by atoms with Crippen LogP contribution in [0.25, 0.3) is 0 Å². The van der Waals surface area contributed by atoms with Gasteiger partial charge >= 0.3 is 0 Å². The van der Waals surface area contributed by atoms with Gasteiger partial charge in [0.15, 0.2) is 0 Å². The Morgan fingerprint density at radius 1 is 1.50 bits per heavy atom. The minimum Gasteiger partial charge on any atom is -0.396 e. The van der Waals surface area contributed by atoms with E-state index in [0.29, 0.717) is 12.0 Å². The molecule has 0 saturated heterocycles. The zero-order chi connectivity index (χ0) is 10.8. The monoisotopic (exact) mass is 197 g/mol. The molecule has 0 saturated carbocycles. The Balaban J connectivity index is 3.06. The third-order valence-corrected chi connectivity index (χ3v) is 2.37. The van der Waals surface area contributed by atoms with E-state index in [2.05, 4.69) is 0 Å². The van der Waals surface area contributed by atoms with Crippen LogP contribution in [0, 0.1) is 12.7 Å². The van der Waals surface area contributed by atoms with Crippen molar-refractivity contribution in [3.05, 3.63) is 35.1 Å². The minimum absolute atomic E-state index is 0.0414. The molecule has 0 radical (unpaired) electrons. The lowest BCUT2D eigenvalue weighted by atomic mass is 9.89. The normalized spacial score (nSPS) is 15.2. The Labute approximate surface area is 83.6 Å². The molecule has 0 aromatic heterocycles. The molecule has 3 heteroatoms. The standard InChI is InChI=1S/C11H16FNO/c1-8-3-4-9(10(12)7-8)11(2,13)5-6-14/h3-4,7,14H,5-6,13H2,1-2H3/t11-/m0/s1. The van der Waals surface area contributed by atoms with Gasteiger partial charge in [-0.15, -0.1) is 0 Å². The van der Waals surface area contributed by atoms with E-state index in [1.54, 1.807) is 13.0 Å². The summed E-state index contributed by atoms with van der Waals surface area (Å²) < 4.78 is 13.5. The molecule has 0 unspecified atom stereocenters. The van der Waals surface area contributed by atoms with E-state index in [9.17, 15) is 4.39 Å². The summed E-state index contributed by atoms with van der Waals surface area (Å²) in [6.07, 6.45) is 0.354. The van der Waals surface area contributed by atoms with E-state index in [-0.39, 0.29) is 12.4 Å². The summed E-state index contributed by atoms with van der Waals surface area (Å²) in [4.78, 5) is 0. The molecule has 0 heterocycles. The van der Waals surface area contributed by atoms with Crippen LogP contribution >= 0.6 is 0 Å². The molecule has 2 nitrogen and oxygen atoms in total. The highest BCUT2D eigenvalue weighted by Gasteiger charge is 2.23. The van der Waals surface area contributed by atoms with Crippen LogP contribution in [-0.4, -0.2) is 11.7 Å². The van der Waals surface area contributed by atoms with Gasteiger partial charge in [-0.2, -0.15) is 0 Å². The lowest BCUT2D eigenvalue weighted by Crippen LogP contribution is -2.35. The molecule has 0 amide bonds. The van der Waals surface area contributed by atoms with Crippen molar-refractivity contribution >= 4 is 0 Å². The highest BCUT2D eigenvalue weighted by Crippen LogP contribution is 2.24. The van der Waals surface area contributed by atoms with Crippen LogP contribution in [-0.2, 0) is 5.54 Å². The minimum atomic E-state index is -0.799. The number of aryl methyl sites for hydroxylation is 1. The highest BCUT2D eigenvalue weighted by atomic mass is 19.1. The molecule has 3 N–H and O–H groups in total. The Morgan fingerprint density at radius 2 is 2.14 bits per heavy atom. The molecule has 1 atom stereocenters. The third-order valence-electron chi connectivity index (χ3n) is 2.37. The maximum absolute atomic E-state index is 13.5. The van der Waals surface area contributed by atoms with Gasteiger partial charge in [-0.25, -0.2) is 4.39 Å². The predicted octanol–water partition coefficient (Wildman–Crippen LogP) is 1.69. The van der Waals surface area contributed by atoms with Crippen LogP contribution in [0.1, 0.15) is 24.5 Å². The number of nitrogens with two attached hydrogens (primary N) is 1. The molecule has 14 heavy (non-hydrogen) atoms. The first-order valence-corrected chi connectivity index (χ1v) is 4.64. The van der Waals surface area contributed by atoms with E-state index in [1.165, 1.54) is 6.07 Å². The number of hydrogen-bond donors (Lipinski definition) is 2. The van der Waals surface area contributed by atoms with E-state index < -0.39 is 5.54 Å². The van der Waals surface area contributed by atoms with Gasteiger partial charge in [0.25, 0.3) is 0 Å². The van der Waals surface area contributed by atoms with Gasteiger partial charge in [-0.05, 0) is 31.9 Å². The number of hydrogen-bond acceptors (Lipinski definition) is 2. The van der Waals surface area contributed by atoms with Gasteiger partial charge in [0.05, 0.1) is 0 Å². The summed E-state index contributed by atoms with van der Waals surface area (Å²) in [5.41, 5.74) is 6.42. The van der Waals surface area contributed by atoms with E-state index in [4.69, 9.17) is 10.8 Å². The summed E-state index contributed by atoms with van der Waals surface area (Å²) in [6, 6.07) is 4.96. The summed E-state index contributed by atoms with van der Waals surface area (Å²) >= 11 is 0. The first-order valence-electron chi connectivity index (χ1n) is 4.64. The zero-order valence-electron chi connectivity index (χ0n) is 8.55. The Hall–Kier alpha value is -0.930. The molecule has 1 rings (SSSR count). The van der Waals surface area contributed by atoms with E-state index in [1.807, 2.05) is 13.0 Å². The topological polar surface area (TPSA) is 46.2 Å². The molecule has 78 valence electrons. The van der Waals surface area contributed by atoms with Crippen molar-refractivity contribution in [1.29, 1.82) is 0 Å². The fourth-order valence-electron chi connectivity index (χ4n) is 1.45. The van der Waals surface area contributed by atoms with Crippen LogP contribution in [0.15, 0.2) is 18.2 Å². The van der Waals surface area contributed by atoms with Crippen LogP contribution in [0.2, 0.25) is 0 Å². The van der Waals surface area contributed by atoms with Crippen molar-refractivity contribution in [3.8, 4) is 0 Å². The Morgan fingerprint density at radius 3 is 2.64 bits per heavy atom. The second-order valence-corrected chi connectivity index (χ2v) is 3.87. The van der Waals surface area contributed by atoms with Crippen molar-refractivity contribution in [3.63, 3.8) is 0 Å². The van der Waals surface area contributed by atoms with Gasteiger partial charge in [0, 0.05) is 17.7 Å². The smallest absolute Gasteiger partial charge is 0.128 e. The average molecular weight is 197 g/mol. The van der Waals surface area contributed by atoms with Crippen molar-refractivity contribution in [2.45, 2.75) is 25.8 Å². The SMILES string of the molecule is Cc1ccc([C@@](C)(N)CCO)c(F)c1. The number of rotatable bonds is 3. The average Bonchev–Trinajstić information content (AvgIpc) is 2.02. The first-order chi connectivity index (χ1) is 6.47. The van der Waals surface area contributed by atoms with Crippen LogP contribution in [0.3, 0.4) is 0 Å². The number of halogens is 1. The summed E-state index contributed by atoms with van der Waals surface area (Å²) in [5, 5.41) is 8.81. The maximum Gasteiger partial charge on any atom is 0.128 e. The first kappa shape index (κ1) is 11.1. The van der Waals surface area contributed by atoms with Gasteiger partial charge in [0.2, 0.25) is 0 Å². The van der Waals surface area contributed by atoms with Crippen molar-refractivity contribution < 1.29 is 9.50 Å². The van der Waals surface area contributed by atoms with Crippen molar-refractivity contribution in [2.75, 3.05) is 6.61 Å². The highest BCUT2D eigenvalue weighted by molar-refractivity contribution is 5.28. The van der Waals surface area contributed by atoms with Crippen LogP contribution in [0.5, 0.6) is 0 Å².